The number of hydrogen-bond acceptors (Lipinski definition) is 3. The fourth-order valence-electron chi connectivity index (χ4n) is 2.50. The number of carbonyl (C=O) groups is 1. The summed E-state index contributed by atoms with van der Waals surface area (Å²) in [5.41, 5.74) is 1.67. The highest BCUT2D eigenvalue weighted by atomic mass is 35.5. The molecule has 0 bridgehead atoms. The lowest BCUT2D eigenvalue weighted by Gasteiger charge is -2.20. The van der Waals surface area contributed by atoms with Crippen LogP contribution in [-0.2, 0) is 11.2 Å². The lowest BCUT2D eigenvalue weighted by molar-refractivity contribution is -0.145. The van der Waals surface area contributed by atoms with E-state index in [1.807, 2.05) is 32.0 Å². The van der Waals surface area contributed by atoms with E-state index in [0.29, 0.717) is 22.1 Å². The van der Waals surface area contributed by atoms with Crippen LogP contribution in [0.15, 0.2) is 42.5 Å². The number of hydrogen-bond donors (Lipinski definition) is 1. The second kappa shape index (κ2) is 8.06. The lowest BCUT2D eigenvalue weighted by Crippen LogP contribution is -2.30. The molecule has 0 aliphatic rings. The molecule has 1 N–H and O–H groups in total. The SMILES string of the molecule is COc1ccc(Cl)cc1C[C@@H](Oc1ccccc1C(C)C)C(=O)O. The van der Waals surface area contributed by atoms with Gasteiger partial charge in [0.2, 0.25) is 0 Å². The summed E-state index contributed by atoms with van der Waals surface area (Å²) in [6.45, 7) is 4.08. The van der Waals surface area contributed by atoms with E-state index in [9.17, 15) is 9.90 Å². The number of carboxylic acids is 1. The number of rotatable bonds is 7. The summed E-state index contributed by atoms with van der Waals surface area (Å²) in [4.78, 5) is 11.7. The second-order valence-electron chi connectivity index (χ2n) is 5.80. The zero-order valence-electron chi connectivity index (χ0n) is 14.0. The molecule has 0 aromatic heterocycles. The van der Waals surface area contributed by atoms with Crippen LogP contribution in [0.5, 0.6) is 11.5 Å². The van der Waals surface area contributed by atoms with Gasteiger partial charge in [0.1, 0.15) is 11.5 Å². The minimum Gasteiger partial charge on any atom is -0.496 e. The van der Waals surface area contributed by atoms with Crippen LogP contribution >= 0.6 is 11.6 Å². The molecular weight excluding hydrogens is 328 g/mol. The molecule has 0 saturated carbocycles. The third kappa shape index (κ3) is 4.42. The third-order valence-corrected chi connectivity index (χ3v) is 3.97. The number of para-hydroxylation sites is 1. The molecule has 0 heterocycles. The van der Waals surface area contributed by atoms with E-state index in [2.05, 4.69) is 0 Å². The summed E-state index contributed by atoms with van der Waals surface area (Å²) in [7, 11) is 1.54. The van der Waals surface area contributed by atoms with Gasteiger partial charge in [0.25, 0.3) is 0 Å². The predicted octanol–water partition coefficient (Wildman–Crippen LogP) is 4.55. The predicted molar refractivity (Wildman–Crippen MR) is 94.3 cm³/mol. The standard InChI is InChI=1S/C19H21ClO4/c1-12(2)15-6-4-5-7-17(15)24-18(19(21)22)11-13-10-14(20)8-9-16(13)23-3/h4-10,12,18H,11H2,1-3H3,(H,21,22)/t18-/m1/s1. The Morgan fingerprint density at radius 1 is 1.17 bits per heavy atom. The van der Waals surface area contributed by atoms with Gasteiger partial charge >= 0.3 is 5.97 Å². The van der Waals surface area contributed by atoms with Gasteiger partial charge in [-0.15, -0.1) is 0 Å². The number of ether oxygens (including phenoxy) is 2. The van der Waals surface area contributed by atoms with Gasteiger partial charge in [-0.25, -0.2) is 4.79 Å². The highest BCUT2D eigenvalue weighted by molar-refractivity contribution is 6.30. The number of benzene rings is 2. The largest absolute Gasteiger partial charge is 0.496 e. The van der Waals surface area contributed by atoms with Crippen molar-refractivity contribution >= 4 is 17.6 Å². The first-order valence-electron chi connectivity index (χ1n) is 7.73. The minimum absolute atomic E-state index is 0.158. The third-order valence-electron chi connectivity index (χ3n) is 3.73. The first-order chi connectivity index (χ1) is 11.4. The molecule has 1 atom stereocenters. The average Bonchev–Trinajstić information content (AvgIpc) is 2.54. The Kier molecular flexibility index (Phi) is 6.10. The summed E-state index contributed by atoms with van der Waals surface area (Å²) in [6, 6.07) is 12.6. The van der Waals surface area contributed by atoms with Crippen LogP contribution in [0.3, 0.4) is 0 Å². The summed E-state index contributed by atoms with van der Waals surface area (Å²) >= 11 is 6.02. The van der Waals surface area contributed by atoms with Crippen molar-refractivity contribution in [1.29, 1.82) is 0 Å². The van der Waals surface area contributed by atoms with Crippen LogP contribution in [-0.4, -0.2) is 24.3 Å². The van der Waals surface area contributed by atoms with Gasteiger partial charge in [-0.3, -0.25) is 0 Å². The zero-order valence-corrected chi connectivity index (χ0v) is 14.7. The maximum Gasteiger partial charge on any atom is 0.345 e. The van der Waals surface area contributed by atoms with Gasteiger partial charge in [0.05, 0.1) is 7.11 Å². The van der Waals surface area contributed by atoms with Crippen molar-refractivity contribution in [3.63, 3.8) is 0 Å². The average molecular weight is 349 g/mol. The molecule has 0 aliphatic carbocycles. The van der Waals surface area contributed by atoms with Crippen LogP contribution in [0.2, 0.25) is 5.02 Å². The monoisotopic (exact) mass is 348 g/mol. The Labute approximate surface area is 147 Å². The molecule has 2 aromatic carbocycles. The fraction of sp³-hybridized carbons (Fsp3) is 0.316. The molecule has 24 heavy (non-hydrogen) atoms. The van der Waals surface area contributed by atoms with Crippen molar-refractivity contribution in [2.45, 2.75) is 32.3 Å². The Bertz CT molecular complexity index is 712. The van der Waals surface area contributed by atoms with Gasteiger partial charge in [0, 0.05) is 11.4 Å². The van der Waals surface area contributed by atoms with Gasteiger partial charge in [-0.05, 0) is 41.3 Å². The molecule has 0 aliphatic heterocycles. The quantitative estimate of drug-likeness (QED) is 0.797. The van der Waals surface area contributed by atoms with Crippen molar-refractivity contribution in [3.05, 3.63) is 58.6 Å². The number of carboxylic acid groups (broad SMARTS) is 1. The first kappa shape index (κ1) is 18.1. The van der Waals surface area contributed by atoms with Crippen molar-refractivity contribution in [2.75, 3.05) is 7.11 Å². The maximum absolute atomic E-state index is 11.7. The molecule has 0 unspecified atom stereocenters. The van der Waals surface area contributed by atoms with Crippen molar-refractivity contribution in [1.82, 2.24) is 0 Å². The lowest BCUT2D eigenvalue weighted by atomic mass is 10.0. The van der Waals surface area contributed by atoms with E-state index in [1.54, 1.807) is 24.3 Å². The summed E-state index contributed by atoms with van der Waals surface area (Å²) in [5, 5.41) is 10.1. The Hall–Kier alpha value is -2.20. The number of halogens is 1. The fourth-order valence-corrected chi connectivity index (χ4v) is 2.70. The molecule has 128 valence electrons. The Morgan fingerprint density at radius 2 is 1.88 bits per heavy atom. The first-order valence-corrected chi connectivity index (χ1v) is 8.11. The second-order valence-corrected chi connectivity index (χ2v) is 6.23. The molecule has 0 fully saturated rings. The topological polar surface area (TPSA) is 55.8 Å². The van der Waals surface area contributed by atoms with Gasteiger partial charge in [-0.2, -0.15) is 0 Å². The summed E-state index contributed by atoms with van der Waals surface area (Å²) in [6.07, 6.45) is -0.872. The van der Waals surface area contributed by atoms with Gasteiger partial charge < -0.3 is 14.6 Å². The van der Waals surface area contributed by atoms with Crippen LogP contribution in [0.1, 0.15) is 30.9 Å². The zero-order chi connectivity index (χ0) is 17.7. The maximum atomic E-state index is 11.7. The van der Waals surface area contributed by atoms with Gasteiger partial charge in [0.15, 0.2) is 6.10 Å². The summed E-state index contributed by atoms with van der Waals surface area (Å²) < 4.78 is 11.1. The highest BCUT2D eigenvalue weighted by Gasteiger charge is 2.23. The molecule has 0 radical (unpaired) electrons. The van der Waals surface area contributed by atoms with E-state index < -0.39 is 12.1 Å². The van der Waals surface area contributed by atoms with E-state index in [0.717, 1.165) is 5.56 Å². The van der Waals surface area contributed by atoms with E-state index in [1.165, 1.54) is 7.11 Å². The van der Waals surface area contributed by atoms with Crippen LogP contribution < -0.4 is 9.47 Å². The molecule has 0 amide bonds. The van der Waals surface area contributed by atoms with Gasteiger partial charge in [-0.1, -0.05) is 43.6 Å². The van der Waals surface area contributed by atoms with Crippen LogP contribution in [0, 0.1) is 0 Å². The minimum atomic E-state index is -1.03. The summed E-state index contributed by atoms with van der Waals surface area (Å²) in [5.74, 6) is 0.374. The molecular formula is C19H21ClO4. The van der Waals surface area contributed by atoms with Crippen molar-refractivity contribution < 1.29 is 19.4 Å². The number of methoxy groups -OCH3 is 1. The van der Waals surface area contributed by atoms with Crippen molar-refractivity contribution in [3.8, 4) is 11.5 Å². The molecule has 2 aromatic rings. The van der Waals surface area contributed by atoms with E-state index >= 15 is 0 Å². The van der Waals surface area contributed by atoms with Crippen LogP contribution in [0.4, 0.5) is 0 Å². The van der Waals surface area contributed by atoms with E-state index in [-0.39, 0.29) is 12.3 Å². The molecule has 0 saturated heterocycles. The van der Waals surface area contributed by atoms with Crippen LogP contribution in [0.25, 0.3) is 0 Å². The molecule has 0 spiro atoms. The smallest absolute Gasteiger partial charge is 0.345 e. The molecule has 5 heteroatoms. The normalized spacial score (nSPS) is 12.0. The Balaban J connectivity index is 2.29. The van der Waals surface area contributed by atoms with E-state index in [4.69, 9.17) is 21.1 Å². The molecule has 2 rings (SSSR count). The highest BCUT2D eigenvalue weighted by Crippen LogP contribution is 2.29. The van der Waals surface area contributed by atoms with Crippen molar-refractivity contribution in [2.24, 2.45) is 0 Å². The number of aliphatic carboxylic acids is 1. The molecule has 4 nitrogen and oxygen atoms in total. The Morgan fingerprint density at radius 3 is 2.50 bits per heavy atom.